The van der Waals surface area contributed by atoms with E-state index in [1.807, 2.05) is 19.1 Å². The summed E-state index contributed by atoms with van der Waals surface area (Å²) in [5, 5.41) is 9.81. The second-order valence-electron chi connectivity index (χ2n) is 3.49. The van der Waals surface area contributed by atoms with E-state index in [0.717, 1.165) is 23.2 Å². The molecular formula is C12H17NO. The van der Waals surface area contributed by atoms with Crippen LogP contribution in [0.1, 0.15) is 31.4 Å². The minimum absolute atomic E-state index is 0.456. The van der Waals surface area contributed by atoms with E-state index in [4.69, 9.17) is 5.73 Å². The Bertz CT molecular complexity index is 303. The van der Waals surface area contributed by atoms with E-state index in [1.165, 1.54) is 0 Å². The van der Waals surface area contributed by atoms with E-state index >= 15 is 0 Å². The fraction of sp³-hybridized carbons (Fsp3) is 0.333. The Labute approximate surface area is 85.1 Å². The predicted molar refractivity (Wildman–Crippen MR) is 59.9 cm³/mol. The molecule has 0 aliphatic carbocycles. The number of aliphatic hydroxyl groups excluding tert-OH is 1. The van der Waals surface area contributed by atoms with Crippen molar-refractivity contribution in [2.45, 2.75) is 25.9 Å². The number of nitrogen functional groups attached to an aromatic ring is 1. The molecule has 0 amide bonds. The summed E-state index contributed by atoms with van der Waals surface area (Å²) in [6, 6.07) is 7.30. The van der Waals surface area contributed by atoms with Crippen LogP contribution in [0.4, 0.5) is 5.69 Å². The lowest BCUT2D eigenvalue weighted by Crippen LogP contribution is -1.98. The van der Waals surface area contributed by atoms with E-state index in [0.29, 0.717) is 6.42 Å². The van der Waals surface area contributed by atoms with Crippen molar-refractivity contribution in [3.63, 3.8) is 0 Å². The van der Waals surface area contributed by atoms with Crippen LogP contribution in [0.5, 0.6) is 0 Å². The molecule has 1 atom stereocenters. The molecule has 2 heteroatoms. The van der Waals surface area contributed by atoms with Crippen molar-refractivity contribution < 1.29 is 5.11 Å². The van der Waals surface area contributed by atoms with Gasteiger partial charge in [0.15, 0.2) is 0 Å². The van der Waals surface area contributed by atoms with Gasteiger partial charge >= 0.3 is 0 Å². The second-order valence-corrected chi connectivity index (χ2v) is 3.49. The smallest absolute Gasteiger partial charge is 0.0827 e. The third-order valence-corrected chi connectivity index (χ3v) is 2.30. The third kappa shape index (κ3) is 2.89. The van der Waals surface area contributed by atoms with Crippen molar-refractivity contribution >= 4 is 5.69 Å². The van der Waals surface area contributed by atoms with Gasteiger partial charge in [-0.1, -0.05) is 31.2 Å². The molecular weight excluding hydrogens is 174 g/mol. The maximum atomic E-state index is 9.81. The molecule has 0 heterocycles. The first-order valence-corrected chi connectivity index (χ1v) is 4.83. The van der Waals surface area contributed by atoms with Crippen molar-refractivity contribution in [2.75, 3.05) is 5.73 Å². The predicted octanol–water partition coefficient (Wildman–Crippen LogP) is 2.66. The highest BCUT2D eigenvalue weighted by Crippen LogP contribution is 2.22. The highest BCUT2D eigenvalue weighted by molar-refractivity contribution is 5.39. The third-order valence-electron chi connectivity index (χ3n) is 2.30. The maximum absolute atomic E-state index is 9.81. The molecule has 0 radical (unpaired) electrons. The summed E-state index contributed by atoms with van der Waals surface area (Å²) < 4.78 is 0. The van der Waals surface area contributed by atoms with Crippen molar-refractivity contribution in [2.24, 2.45) is 0 Å². The summed E-state index contributed by atoms with van der Waals surface area (Å²) in [6.45, 7) is 5.91. The van der Waals surface area contributed by atoms with Gasteiger partial charge in [-0.05, 0) is 30.5 Å². The maximum Gasteiger partial charge on any atom is 0.0827 e. The van der Waals surface area contributed by atoms with Crippen molar-refractivity contribution in [3.8, 4) is 0 Å². The van der Waals surface area contributed by atoms with Crippen LogP contribution in [-0.2, 0) is 0 Å². The van der Waals surface area contributed by atoms with E-state index in [9.17, 15) is 5.11 Å². The fourth-order valence-corrected chi connectivity index (χ4v) is 1.25. The van der Waals surface area contributed by atoms with E-state index in [2.05, 4.69) is 6.58 Å². The van der Waals surface area contributed by atoms with Crippen LogP contribution in [0.2, 0.25) is 0 Å². The summed E-state index contributed by atoms with van der Waals surface area (Å²) in [6.07, 6.45) is 1.08. The van der Waals surface area contributed by atoms with Crippen molar-refractivity contribution in [1.82, 2.24) is 0 Å². The van der Waals surface area contributed by atoms with Gasteiger partial charge in [-0.2, -0.15) is 0 Å². The van der Waals surface area contributed by atoms with Crippen LogP contribution >= 0.6 is 0 Å². The Hall–Kier alpha value is -1.28. The van der Waals surface area contributed by atoms with Gasteiger partial charge in [-0.3, -0.25) is 0 Å². The Morgan fingerprint density at radius 2 is 2.00 bits per heavy atom. The zero-order valence-corrected chi connectivity index (χ0v) is 8.53. The molecule has 76 valence electrons. The van der Waals surface area contributed by atoms with Crippen LogP contribution in [0.25, 0.3) is 0 Å². The Morgan fingerprint density at radius 1 is 1.43 bits per heavy atom. The SMILES string of the molecule is C=C(CC)CC(O)c1ccc(N)cc1. The van der Waals surface area contributed by atoms with Crippen LogP contribution in [0, 0.1) is 0 Å². The molecule has 0 spiro atoms. The van der Waals surface area contributed by atoms with Crippen molar-refractivity contribution in [3.05, 3.63) is 42.0 Å². The minimum atomic E-state index is -0.456. The lowest BCUT2D eigenvalue weighted by molar-refractivity contribution is 0.177. The molecule has 1 unspecified atom stereocenters. The first-order valence-electron chi connectivity index (χ1n) is 4.83. The topological polar surface area (TPSA) is 46.2 Å². The molecule has 0 bridgehead atoms. The zero-order chi connectivity index (χ0) is 10.6. The second kappa shape index (κ2) is 4.82. The molecule has 0 saturated heterocycles. The first-order chi connectivity index (χ1) is 6.63. The number of aliphatic hydroxyl groups is 1. The number of nitrogens with two attached hydrogens (primary N) is 1. The number of hydrogen-bond donors (Lipinski definition) is 2. The zero-order valence-electron chi connectivity index (χ0n) is 8.53. The molecule has 3 N–H and O–H groups in total. The number of hydrogen-bond acceptors (Lipinski definition) is 2. The molecule has 0 saturated carbocycles. The van der Waals surface area contributed by atoms with Crippen LogP contribution in [0.15, 0.2) is 36.4 Å². The van der Waals surface area contributed by atoms with Gasteiger partial charge in [0.2, 0.25) is 0 Å². The molecule has 1 aromatic carbocycles. The van der Waals surface area contributed by atoms with Crippen LogP contribution < -0.4 is 5.73 Å². The number of benzene rings is 1. The first kappa shape index (κ1) is 10.8. The minimum Gasteiger partial charge on any atom is -0.399 e. The van der Waals surface area contributed by atoms with E-state index < -0.39 is 6.10 Å². The molecule has 1 rings (SSSR count). The summed E-state index contributed by atoms with van der Waals surface area (Å²) in [7, 11) is 0. The molecule has 1 aromatic rings. The molecule has 0 aromatic heterocycles. The summed E-state index contributed by atoms with van der Waals surface area (Å²) in [4.78, 5) is 0. The normalized spacial score (nSPS) is 12.4. The highest BCUT2D eigenvalue weighted by Gasteiger charge is 2.07. The average molecular weight is 191 g/mol. The van der Waals surface area contributed by atoms with E-state index in [-0.39, 0.29) is 0 Å². The lowest BCUT2D eigenvalue weighted by Gasteiger charge is -2.11. The van der Waals surface area contributed by atoms with Gasteiger partial charge in [0.05, 0.1) is 6.10 Å². The monoisotopic (exact) mass is 191 g/mol. The Morgan fingerprint density at radius 3 is 2.50 bits per heavy atom. The largest absolute Gasteiger partial charge is 0.399 e. The van der Waals surface area contributed by atoms with Crippen molar-refractivity contribution in [1.29, 1.82) is 0 Å². The Balaban J connectivity index is 2.65. The summed E-state index contributed by atoms with van der Waals surface area (Å²) in [5.74, 6) is 0. The van der Waals surface area contributed by atoms with Gasteiger partial charge in [0, 0.05) is 5.69 Å². The lowest BCUT2D eigenvalue weighted by atomic mass is 10.0. The van der Waals surface area contributed by atoms with Gasteiger partial charge in [0.1, 0.15) is 0 Å². The summed E-state index contributed by atoms with van der Waals surface area (Å²) >= 11 is 0. The molecule has 0 fully saturated rings. The van der Waals surface area contributed by atoms with E-state index in [1.54, 1.807) is 12.1 Å². The quantitative estimate of drug-likeness (QED) is 0.567. The molecule has 14 heavy (non-hydrogen) atoms. The highest BCUT2D eigenvalue weighted by atomic mass is 16.3. The van der Waals surface area contributed by atoms with Gasteiger partial charge < -0.3 is 10.8 Å². The number of anilines is 1. The van der Waals surface area contributed by atoms with Crippen LogP contribution in [0.3, 0.4) is 0 Å². The molecule has 0 aliphatic rings. The number of rotatable bonds is 4. The molecule has 0 aliphatic heterocycles. The molecule has 2 nitrogen and oxygen atoms in total. The van der Waals surface area contributed by atoms with Gasteiger partial charge in [0.25, 0.3) is 0 Å². The standard InChI is InChI=1S/C12H17NO/c1-3-9(2)8-12(14)10-4-6-11(13)7-5-10/h4-7,12,14H,2-3,8,13H2,1H3. The van der Waals surface area contributed by atoms with Gasteiger partial charge in [-0.15, -0.1) is 0 Å². The average Bonchev–Trinajstić information content (AvgIpc) is 2.18. The summed E-state index contributed by atoms with van der Waals surface area (Å²) in [5.41, 5.74) is 8.23. The van der Waals surface area contributed by atoms with Crippen LogP contribution in [-0.4, -0.2) is 5.11 Å². The fourth-order valence-electron chi connectivity index (χ4n) is 1.25. The Kier molecular flexibility index (Phi) is 3.72. The van der Waals surface area contributed by atoms with Gasteiger partial charge in [-0.25, -0.2) is 0 Å².